The number of hydrogen-bond donors (Lipinski definition) is 1. The molecule has 14 heavy (non-hydrogen) atoms. The lowest BCUT2D eigenvalue weighted by Gasteiger charge is -1.94. The van der Waals surface area contributed by atoms with E-state index in [4.69, 9.17) is 0 Å². The second kappa shape index (κ2) is 3.92. The van der Waals surface area contributed by atoms with Crippen LogP contribution in [0.4, 0.5) is 0 Å². The van der Waals surface area contributed by atoms with E-state index in [0.29, 0.717) is 0 Å². The van der Waals surface area contributed by atoms with Gasteiger partial charge in [0.05, 0.1) is 18.2 Å². The topological polar surface area (TPSA) is 28.7 Å². The highest BCUT2D eigenvalue weighted by Gasteiger charge is 1.88. The summed E-state index contributed by atoms with van der Waals surface area (Å²) < 4.78 is 0. The Bertz CT molecular complexity index is 427. The zero-order valence-corrected chi connectivity index (χ0v) is 8.07. The van der Waals surface area contributed by atoms with Gasteiger partial charge in [0.2, 0.25) is 0 Å². The van der Waals surface area contributed by atoms with Gasteiger partial charge in [-0.15, -0.1) is 0 Å². The van der Waals surface area contributed by atoms with E-state index < -0.39 is 0 Å². The number of aromatic nitrogens is 2. The smallest absolute Gasteiger partial charge is 0.0924 e. The molecule has 0 bridgehead atoms. The van der Waals surface area contributed by atoms with Gasteiger partial charge in [-0.3, -0.25) is 0 Å². The van der Waals surface area contributed by atoms with Crippen molar-refractivity contribution in [2.24, 2.45) is 0 Å². The number of benzene rings is 1. The Labute approximate surface area is 83.3 Å². The third-order valence-electron chi connectivity index (χ3n) is 2.02. The van der Waals surface area contributed by atoms with Crippen LogP contribution in [0.25, 0.3) is 12.2 Å². The van der Waals surface area contributed by atoms with Crippen molar-refractivity contribution in [1.29, 1.82) is 0 Å². The van der Waals surface area contributed by atoms with Crippen LogP contribution in [0.5, 0.6) is 0 Å². The van der Waals surface area contributed by atoms with E-state index in [1.54, 1.807) is 12.5 Å². The third-order valence-corrected chi connectivity index (χ3v) is 2.02. The molecule has 0 saturated carbocycles. The molecule has 1 aromatic heterocycles. The molecule has 0 unspecified atom stereocenters. The highest BCUT2D eigenvalue weighted by Crippen LogP contribution is 2.07. The second-order valence-electron chi connectivity index (χ2n) is 3.25. The molecule has 2 nitrogen and oxygen atoms in total. The van der Waals surface area contributed by atoms with Crippen molar-refractivity contribution in [3.8, 4) is 0 Å². The van der Waals surface area contributed by atoms with Crippen LogP contribution in [-0.2, 0) is 0 Å². The number of nitrogens with one attached hydrogen (secondary N) is 1. The Morgan fingerprint density at radius 1 is 1.29 bits per heavy atom. The molecule has 0 radical (unpaired) electrons. The van der Waals surface area contributed by atoms with Gasteiger partial charge in [-0.1, -0.05) is 35.9 Å². The predicted molar refractivity (Wildman–Crippen MR) is 58.7 cm³/mol. The first kappa shape index (κ1) is 8.75. The van der Waals surface area contributed by atoms with Gasteiger partial charge in [-0.2, -0.15) is 0 Å². The van der Waals surface area contributed by atoms with Crippen LogP contribution < -0.4 is 0 Å². The van der Waals surface area contributed by atoms with Crippen molar-refractivity contribution in [1.82, 2.24) is 9.97 Å². The van der Waals surface area contributed by atoms with Gasteiger partial charge in [0.25, 0.3) is 0 Å². The number of nitrogens with zero attached hydrogens (tertiary/aromatic N) is 1. The summed E-state index contributed by atoms with van der Waals surface area (Å²) in [6.45, 7) is 2.09. The van der Waals surface area contributed by atoms with E-state index in [1.807, 2.05) is 6.08 Å². The van der Waals surface area contributed by atoms with Gasteiger partial charge in [0, 0.05) is 0 Å². The fourth-order valence-corrected chi connectivity index (χ4v) is 1.32. The number of hydrogen-bond acceptors (Lipinski definition) is 1. The Balaban J connectivity index is 2.18. The molecule has 2 heteroatoms. The van der Waals surface area contributed by atoms with E-state index in [9.17, 15) is 0 Å². The molecule has 0 spiro atoms. The van der Waals surface area contributed by atoms with Crippen LogP contribution in [0.2, 0.25) is 0 Å². The summed E-state index contributed by atoms with van der Waals surface area (Å²) >= 11 is 0. The molecule has 0 aliphatic carbocycles. The molecular weight excluding hydrogens is 172 g/mol. The molecule has 1 aromatic carbocycles. The van der Waals surface area contributed by atoms with Crippen LogP contribution in [0.15, 0.2) is 36.8 Å². The first-order valence-electron chi connectivity index (χ1n) is 4.58. The van der Waals surface area contributed by atoms with Gasteiger partial charge in [0.1, 0.15) is 0 Å². The molecule has 0 fully saturated rings. The summed E-state index contributed by atoms with van der Waals surface area (Å²) in [5.74, 6) is 0. The minimum atomic E-state index is 1.02. The third kappa shape index (κ3) is 2.10. The Kier molecular flexibility index (Phi) is 2.45. The molecule has 0 saturated heterocycles. The standard InChI is InChI=1S/C12H12N2/c1-10-3-2-4-11(7-10)5-6-12-8-13-9-14-12/h2-9H,1H3,(H,13,14)/b6-5+. The summed E-state index contributed by atoms with van der Waals surface area (Å²) in [6.07, 6.45) is 7.56. The maximum absolute atomic E-state index is 3.95. The highest BCUT2D eigenvalue weighted by atomic mass is 14.8. The number of aromatic amines is 1. The van der Waals surface area contributed by atoms with Crippen LogP contribution in [0.1, 0.15) is 16.8 Å². The number of imidazole rings is 1. The van der Waals surface area contributed by atoms with E-state index >= 15 is 0 Å². The molecular formula is C12H12N2. The van der Waals surface area contributed by atoms with Crippen LogP contribution in [-0.4, -0.2) is 9.97 Å². The number of aryl methyl sites for hydroxylation is 1. The molecule has 1 heterocycles. The van der Waals surface area contributed by atoms with E-state index in [1.165, 1.54) is 11.1 Å². The normalized spacial score (nSPS) is 10.9. The summed E-state index contributed by atoms with van der Waals surface area (Å²) in [6, 6.07) is 8.38. The van der Waals surface area contributed by atoms with Gasteiger partial charge >= 0.3 is 0 Å². The van der Waals surface area contributed by atoms with Crippen molar-refractivity contribution in [3.05, 3.63) is 53.6 Å². The first-order chi connectivity index (χ1) is 6.84. The van der Waals surface area contributed by atoms with Crippen molar-refractivity contribution < 1.29 is 0 Å². The largest absolute Gasteiger partial charge is 0.345 e. The molecule has 2 aromatic rings. The fourth-order valence-electron chi connectivity index (χ4n) is 1.32. The molecule has 70 valence electrons. The monoisotopic (exact) mass is 184 g/mol. The predicted octanol–water partition coefficient (Wildman–Crippen LogP) is 2.89. The van der Waals surface area contributed by atoms with Crippen LogP contribution >= 0.6 is 0 Å². The molecule has 0 aliphatic heterocycles. The molecule has 0 amide bonds. The summed E-state index contributed by atoms with van der Waals surface area (Å²) in [5.41, 5.74) is 3.50. The molecule has 0 aliphatic rings. The lowest BCUT2D eigenvalue weighted by atomic mass is 10.1. The SMILES string of the molecule is Cc1cccc(/C=C/c2cnc[nH]2)c1. The average molecular weight is 184 g/mol. The van der Waals surface area contributed by atoms with E-state index in [0.717, 1.165) is 5.69 Å². The number of H-pyrrole nitrogens is 1. The highest BCUT2D eigenvalue weighted by molar-refractivity contribution is 5.67. The van der Waals surface area contributed by atoms with Crippen molar-refractivity contribution in [3.63, 3.8) is 0 Å². The summed E-state index contributed by atoms with van der Waals surface area (Å²) in [7, 11) is 0. The minimum absolute atomic E-state index is 1.02. The zero-order chi connectivity index (χ0) is 9.80. The summed E-state index contributed by atoms with van der Waals surface area (Å²) in [5, 5.41) is 0. The second-order valence-corrected chi connectivity index (χ2v) is 3.25. The van der Waals surface area contributed by atoms with E-state index in [2.05, 4.69) is 47.2 Å². The average Bonchev–Trinajstić information content (AvgIpc) is 2.67. The van der Waals surface area contributed by atoms with Gasteiger partial charge in [0.15, 0.2) is 0 Å². The molecule has 0 atom stereocenters. The van der Waals surface area contributed by atoms with Crippen LogP contribution in [0.3, 0.4) is 0 Å². The molecule has 1 N–H and O–H groups in total. The van der Waals surface area contributed by atoms with Crippen molar-refractivity contribution >= 4 is 12.2 Å². The van der Waals surface area contributed by atoms with Crippen molar-refractivity contribution in [2.45, 2.75) is 6.92 Å². The zero-order valence-electron chi connectivity index (χ0n) is 8.07. The van der Waals surface area contributed by atoms with Crippen molar-refractivity contribution in [2.75, 3.05) is 0 Å². The Morgan fingerprint density at radius 3 is 2.93 bits per heavy atom. The Hall–Kier alpha value is -1.83. The number of rotatable bonds is 2. The van der Waals surface area contributed by atoms with E-state index in [-0.39, 0.29) is 0 Å². The lowest BCUT2D eigenvalue weighted by molar-refractivity contribution is 1.31. The Morgan fingerprint density at radius 2 is 2.21 bits per heavy atom. The minimum Gasteiger partial charge on any atom is -0.345 e. The molecule has 2 rings (SSSR count). The summed E-state index contributed by atoms with van der Waals surface area (Å²) in [4.78, 5) is 6.97. The lowest BCUT2D eigenvalue weighted by Crippen LogP contribution is -1.74. The van der Waals surface area contributed by atoms with Crippen LogP contribution in [0, 0.1) is 6.92 Å². The van der Waals surface area contributed by atoms with Gasteiger partial charge in [-0.05, 0) is 18.6 Å². The first-order valence-corrected chi connectivity index (χ1v) is 4.58. The quantitative estimate of drug-likeness (QED) is 0.763. The van der Waals surface area contributed by atoms with Gasteiger partial charge in [-0.25, -0.2) is 4.98 Å². The maximum Gasteiger partial charge on any atom is 0.0924 e. The van der Waals surface area contributed by atoms with Gasteiger partial charge < -0.3 is 4.98 Å². The maximum atomic E-state index is 3.95. The fraction of sp³-hybridized carbons (Fsp3) is 0.0833.